The van der Waals surface area contributed by atoms with Crippen LogP contribution in [0.1, 0.15) is 0 Å². The fraction of sp³-hybridized carbons (Fsp3) is 0. The highest BCUT2D eigenvalue weighted by Crippen LogP contribution is 2.08. The van der Waals surface area contributed by atoms with Crippen molar-refractivity contribution in [1.29, 1.82) is 0 Å². The van der Waals surface area contributed by atoms with Crippen LogP contribution in [0.3, 0.4) is 0 Å². The highest BCUT2D eigenvalue weighted by atomic mass is 31.1. The van der Waals surface area contributed by atoms with Crippen molar-refractivity contribution in [2.75, 3.05) is 0 Å². The maximum atomic E-state index is 6.75. The summed E-state index contributed by atoms with van der Waals surface area (Å²) in [7, 11) is 0.271. The molecular formula is C12H12N3P. The molecule has 0 unspecified atom stereocenters. The van der Waals surface area contributed by atoms with Crippen molar-refractivity contribution >= 4 is 19.2 Å². The molecule has 3 nitrogen and oxygen atoms in total. The van der Waals surface area contributed by atoms with E-state index in [4.69, 9.17) is 11.1 Å². The molecule has 0 radical (unpaired) electrons. The minimum absolute atomic E-state index is 0.271. The third-order valence-corrected chi connectivity index (χ3v) is 3.37. The Kier molecular flexibility index (Phi) is 5.72. The van der Waals surface area contributed by atoms with Crippen molar-refractivity contribution in [1.82, 2.24) is 0 Å². The summed E-state index contributed by atoms with van der Waals surface area (Å²) in [5.41, 5.74) is 13.5. The molecule has 0 heterocycles. The Morgan fingerprint density at radius 1 is 0.688 bits per heavy atom. The van der Waals surface area contributed by atoms with E-state index >= 15 is 0 Å². The largest absolute Gasteiger partial charge is 0.373 e. The van der Waals surface area contributed by atoms with Crippen molar-refractivity contribution < 1.29 is 0 Å². The zero-order valence-corrected chi connectivity index (χ0v) is 9.85. The molecule has 0 aromatic heterocycles. The molecule has 0 bridgehead atoms. The van der Waals surface area contributed by atoms with Gasteiger partial charge in [0.2, 0.25) is 0 Å². The van der Waals surface area contributed by atoms with Crippen molar-refractivity contribution in [2.45, 2.75) is 0 Å². The van der Waals surface area contributed by atoms with Crippen LogP contribution in [0.2, 0.25) is 0 Å². The van der Waals surface area contributed by atoms with Crippen LogP contribution in [0.5, 0.6) is 0 Å². The average molecular weight is 229 g/mol. The van der Waals surface area contributed by atoms with Crippen molar-refractivity contribution in [3.8, 4) is 0 Å². The van der Waals surface area contributed by atoms with E-state index in [2.05, 4.69) is 60.7 Å². The second kappa shape index (κ2) is 7.47. The molecular weight excluding hydrogens is 217 g/mol. The summed E-state index contributed by atoms with van der Waals surface area (Å²) >= 11 is 0. The molecule has 2 aromatic carbocycles. The van der Waals surface area contributed by atoms with Gasteiger partial charge < -0.3 is 11.1 Å². The smallest absolute Gasteiger partial charge is 0.0942 e. The van der Waals surface area contributed by atoms with Crippen LogP contribution in [-0.2, 0) is 0 Å². The van der Waals surface area contributed by atoms with Gasteiger partial charge in [0.1, 0.15) is 0 Å². The standard InChI is InChI=1S/C12H11P.N3/c1-3-7-11(8-4-1)13-12-9-5-2-6-10-12;1-3-2/h1-10,13H;/q;-1/p+1. The molecule has 0 atom stereocenters. The Hall–Kier alpha value is -1.82. The number of rotatable bonds is 2. The van der Waals surface area contributed by atoms with Crippen LogP contribution in [0.15, 0.2) is 60.7 Å². The summed E-state index contributed by atoms with van der Waals surface area (Å²) in [5.74, 6) is 0. The predicted octanol–water partition coefficient (Wildman–Crippen LogP) is 2.91. The lowest BCUT2D eigenvalue weighted by Crippen LogP contribution is -2.01. The zero-order valence-electron chi connectivity index (χ0n) is 8.69. The van der Waals surface area contributed by atoms with Crippen LogP contribution < -0.4 is 10.6 Å². The Balaban J connectivity index is 0.000000386. The fourth-order valence-electron chi connectivity index (χ4n) is 1.29. The molecule has 2 rings (SSSR count). The quantitative estimate of drug-likeness (QED) is 0.329. The molecule has 4 heteroatoms. The molecule has 0 fully saturated rings. The normalized spacial score (nSPS) is 8.50. The highest BCUT2D eigenvalue weighted by Gasteiger charge is 2.00. The van der Waals surface area contributed by atoms with Crippen LogP contribution >= 0.6 is 8.58 Å². The van der Waals surface area contributed by atoms with Gasteiger partial charge in [-0.2, -0.15) is 0 Å². The van der Waals surface area contributed by atoms with E-state index in [-0.39, 0.29) is 8.58 Å². The maximum absolute atomic E-state index is 6.75. The van der Waals surface area contributed by atoms with Crippen LogP contribution in [-0.4, -0.2) is 0 Å². The third-order valence-electron chi connectivity index (χ3n) is 1.93. The van der Waals surface area contributed by atoms with Gasteiger partial charge in [-0.1, -0.05) is 36.4 Å². The fourth-order valence-corrected chi connectivity index (χ4v) is 2.51. The Morgan fingerprint density at radius 2 is 1.00 bits per heavy atom. The van der Waals surface area contributed by atoms with Gasteiger partial charge in [-0.25, -0.2) is 0 Å². The molecule has 0 saturated carbocycles. The first kappa shape index (κ1) is 12.3. The van der Waals surface area contributed by atoms with E-state index in [9.17, 15) is 0 Å². The topological polar surface area (TPSA) is 58.7 Å². The predicted molar refractivity (Wildman–Crippen MR) is 71.9 cm³/mol. The number of benzene rings is 2. The summed E-state index contributed by atoms with van der Waals surface area (Å²) in [6.07, 6.45) is 0. The van der Waals surface area contributed by atoms with Gasteiger partial charge in [0, 0.05) is 0 Å². The first-order valence-electron chi connectivity index (χ1n) is 4.80. The second-order valence-electron chi connectivity index (χ2n) is 3.06. The Labute approximate surface area is 96.3 Å². The van der Waals surface area contributed by atoms with Crippen molar-refractivity contribution in [3.63, 3.8) is 0 Å². The minimum Gasteiger partial charge on any atom is -0.373 e. The lowest BCUT2D eigenvalue weighted by Gasteiger charge is -1.92. The van der Waals surface area contributed by atoms with E-state index in [1.807, 2.05) is 0 Å². The van der Waals surface area contributed by atoms with Crippen LogP contribution in [0.25, 0.3) is 16.0 Å². The molecule has 0 saturated heterocycles. The van der Waals surface area contributed by atoms with E-state index in [1.165, 1.54) is 15.5 Å². The second-order valence-corrected chi connectivity index (χ2v) is 4.68. The molecule has 0 aliphatic heterocycles. The van der Waals surface area contributed by atoms with E-state index in [0.717, 1.165) is 0 Å². The van der Waals surface area contributed by atoms with Crippen LogP contribution in [0, 0.1) is 0 Å². The average Bonchev–Trinajstić information content (AvgIpc) is 2.33. The highest BCUT2D eigenvalue weighted by molar-refractivity contribution is 7.55. The number of hydrogen-bond donors (Lipinski definition) is 0. The van der Waals surface area contributed by atoms with E-state index in [0.29, 0.717) is 0 Å². The van der Waals surface area contributed by atoms with Crippen LogP contribution in [0.4, 0.5) is 0 Å². The molecule has 16 heavy (non-hydrogen) atoms. The summed E-state index contributed by atoms with van der Waals surface area (Å²) in [6, 6.07) is 21.3. The summed E-state index contributed by atoms with van der Waals surface area (Å²) in [4.78, 5) is 1.50. The molecule has 0 N–H and O–H groups in total. The number of hydrogen-bond acceptors (Lipinski definition) is 0. The molecule has 0 aliphatic rings. The minimum atomic E-state index is 0.271. The molecule has 80 valence electrons. The Morgan fingerprint density at radius 3 is 1.31 bits per heavy atom. The van der Waals surface area contributed by atoms with Crippen molar-refractivity contribution in [2.24, 2.45) is 0 Å². The first-order valence-corrected chi connectivity index (χ1v) is 5.95. The summed E-state index contributed by atoms with van der Waals surface area (Å²) in [5, 5.41) is 2.90. The van der Waals surface area contributed by atoms with Gasteiger partial charge in [-0.3, -0.25) is 4.91 Å². The third kappa shape index (κ3) is 4.61. The lowest BCUT2D eigenvalue weighted by atomic mass is 10.4. The summed E-state index contributed by atoms with van der Waals surface area (Å²) in [6.45, 7) is 0. The molecule has 0 spiro atoms. The SMILES string of the molecule is [N-]=[N+]=[N-].c1ccc([PH2+]c2ccccc2)cc1. The van der Waals surface area contributed by atoms with Gasteiger partial charge in [0.25, 0.3) is 0 Å². The molecule has 0 amide bonds. The maximum Gasteiger partial charge on any atom is 0.0942 e. The summed E-state index contributed by atoms with van der Waals surface area (Å²) < 4.78 is 0. The molecule has 2 aromatic rings. The monoisotopic (exact) mass is 229 g/mol. The zero-order chi connectivity index (χ0) is 11.6. The van der Waals surface area contributed by atoms with Gasteiger partial charge in [0.15, 0.2) is 0 Å². The lowest BCUT2D eigenvalue weighted by molar-refractivity contribution is 1.76. The van der Waals surface area contributed by atoms with Gasteiger partial charge in [-0.05, 0) is 24.3 Å². The first-order chi connectivity index (χ1) is 7.86. The molecule has 0 aliphatic carbocycles. The van der Waals surface area contributed by atoms with Crippen molar-refractivity contribution in [3.05, 3.63) is 76.6 Å². The van der Waals surface area contributed by atoms with E-state index < -0.39 is 0 Å². The van der Waals surface area contributed by atoms with Gasteiger partial charge >= 0.3 is 0 Å². The van der Waals surface area contributed by atoms with Gasteiger partial charge in [-0.15, -0.1) is 0 Å². The van der Waals surface area contributed by atoms with Gasteiger partial charge in [0.05, 0.1) is 19.2 Å². The Bertz CT molecular complexity index is 399. The van der Waals surface area contributed by atoms with E-state index in [1.54, 1.807) is 0 Å². The number of nitrogens with zero attached hydrogens (tertiary/aromatic N) is 3.